The molecule has 1 aliphatic heterocycles. The normalized spacial score (nSPS) is 20.2. The third-order valence-electron chi connectivity index (χ3n) is 3.21. The van der Waals surface area contributed by atoms with Gasteiger partial charge in [-0.1, -0.05) is 11.8 Å². The second-order valence-corrected chi connectivity index (χ2v) is 6.21. The van der Waals surface area contributed by atoms with E-state index in [0.29, 0.717) is 12.1 Å². The summed E-state index contributed by atoms with van der Waals surface area (Å²) < 4.78 is 0. The quantitative estimate of drug-likeness (QED) is 0.711. The maximum Gasteiger partial charge on any atom is 0.129 e. The minimum atomic E-state index is 0.140. The molecule has 1 unspecified atom stereocenters. The fourth-order valence-electron chi connectivity index (χ4n) is 2.26. The summed E-state index contributed by atoms with van der Waals surface area (Å²) >= 11 is 1.69. The van der Waals surface area contributed by atoms with Gasteiger partial charge in [0, 0.05) is 24.8 Å². The van der Waals surface area contributed by atoms with Crippen molar-refractivity contribution in [2.75, 3.05) is 13.1 Å². The molecule has 4 heteroatoms. The van der Waals surface area contributed by atoms with Crippen molar-refractivity contribution < 1.29 is 0 Å². The first-order chi connectivity index (χ1) is 8.02. The minimum absolute atomic E-state index is 0.140. The minimum Gasteiger partial charge on any atom is -0.353 e. The molecule has 0 saturated carbocycles. The van der Waals surface area contributed by atoms with Crippen molar-refractivity contribution in [3.8, 4) is 0 Å². The van der Waals surface area contributed by atoms with Crippen LogP contribution in [0.4, 0.5) is 0 Å². The molecule has 0 bridgehead atoms. The summed E-state index contributed by atoms with van der Waals surface area (Å²) in [5, 5.41) is 2.08. The van der Waals surface area contributed by atoms with Crippen molar-refractivity contribution in [1.82, 2.24) is 9.80 Å². The lowest BCUT2D eigenvalue weighted by atomic mass is 10.2. The van der Waals surface area contributed by atoms with Crippen molar-refractivity contribution in [2.24, 2.45) is 5.73 Å². The van der Waals surface area contributed by atoms with Crippen LogP contribution in [-0.2, 0) is 0 Å². The molecule has 0 radical (unpaired) electrons. The van der Waals surface area contributed by atoms with E-state index in [1.54, 1.807) is 11.8 Å². The topological polar surface area (TPSA) is 32.5 Å². The van der Waals surface area contributed by atoms with Crippen molar-refractivity contribution in [3.05, 3.63) is 11.6 Å². The van der Waals surface area contributed by atoms with Crippen molar-refractivity contribution >= 4 is 11.8 Å². The Morgan fingerprint density at radius 3 is 2.35 bits per heavy atom. The third kappa shape index (κ3) is 4.90. The summed E-state index contributed by atoms with van der Waals surface area (Å²) in [6, 6.07) is 1.28. The molecule has 0 fully saturated rings. The number of hydrogen-bond donors (Lipinski definition) is 1. The summed E-state index contributed by atoms with van der Waals surface area (Å²) in [7, 11) is 0. The maximum absolute atomic E-state index is 5.93. The Bertz CT molecular complexity index is 233. The van der Waals surface area contributed by atoms with E-state index < -0.39 is 0 Å². The molecule has 1 heterocycles. The van der Waals surface area contributed by atoms with Crippen LogP contribution in [0.15, 0.2) is 11.6 Å². The lowest BCUT2D eigenvalue weighted by Gasteiger charge is -2.30. The van der Waals surface area contributed by atoms with Crippen LogP contribution in [0.1, 0.15) is 40.5 Å². The van der Waals surface area contributed by atoms with E-state index in [4.69, 9.17) is 5.73 Å². The Hall–Kier alpha value is -0.190. The number of nitrogens with two attached hydrogens (primary N) is 1. The van der Waals surface area contributed by atoms with Crippen LogP contribution in [0.5, 0.6) is 0 Å². The lowest BCUT2D eigenvalue weighted by Crippen LogP contribution is -2.38. The van der Waals surface area contributed by atoms with Crippen molar-refractivity contribution in [3.63, 3.8) is 0 Å². The van der Waals surface area contributed by atoms with E-state index in [9.17, 15) is 0 Å². The molecular formula is C13H27N3S. The van der Waals surface area contributed by atoms with Gasteiger partial charge >= 0.3 is 0 Å². The Balaban J connectivity index is 2.16. The monoisotopic (exact) mass is 257 g/mol. The van der Waals surface area contributed by atoms with Crippen LogP contribution >= 0.6 is 11.8 Å². The first-order valence-electron chi connectivity index (χ1n) is 6.61. The number of nitrogens with zero attached hydrogens (tertiary/aromatic N) is 2. The number of thioether (sulfide) groups is 1. The first-order valence-corrected chi connectivity index (χ1v) is 7.56. The van der Waals surface area contributed by atoms with E-state index in [-0.39, 0.29) is 5.50 Å². The van der Waals surface area contributed by atoms with Crippen LogP contribution in [0.2, 0.25) is 0 Å². The van der Waals surface area contributed by atoms with Crippen LogP contribution in [0.3, 0.4) is 0 Å². The van der Waals surface area contributed by atoms with Gasteiger partial charge in [-0.25, -0.2) is 0 Å². The second kappa shape index (κ2) is 7.29. The Morgan fingerprint density at radius 1 is 1.24 bits per heavy atom. The molecule has 2 N–H and O–H groups in total. The molecule has 0 aliphatic carbocycles. The lowest BCUT2D eigenvalue weighted by molar-refractivity contribution is 0.169. The molecule has 100 valence electrons. The molecule has 0 aromatic rings. The van der Waals surface area contributed by atoms with E-state index in [1.807, 2.05) is 0 Å². The highest BCUT2D eigenvalue weighted by Gasteiger charge is 2.15. The van der Waals surface area contributed by atoms with Gasteiger partial charge in [0.25, 0.3) is 0 Å². The summed E-state index contributed by atoms with van der Waals surface area (Å²) in [5.41, 5.74) is 6.07. The summed E-state index contributed by atoms with van der Waals surface area (Å²) in [6.45, 7) is 11.4. The molecule has 0 spiro atoms. The number of unbranched alkanes of at least 4 members (excludes halogenated alkanes) is 1. The van der Waals surface area contributed by atoms with Crippen LogP contribution in [0.25, 0.3) is 0 Å². The molecule has 1 rings (SSSR count). The fraction of sp³-hybridized carbons (Fsp3) is 0.846. The predicted molar refractivity (Wildman–Crippen MR) is 77.6 cm³/mol. The zero-order valence-corrected chi connectivity index (χ0v) is 12.4. The van der Waals surface area contributed by atoms with Crippen molar-refractivity contribution in [2.45, 2.75) is 58.1 Å². The molecule has 1 aliphatic rings. The van der Waals surface area contributed by atoms with Gasteiger partial charge in [0.15, 0.2) is 0 Å². The number of rotatable bonds is 7. The van der Waals surface area contributed by atoms with Crippen molar-refractivity contribution in [1.29, 1.82) is 0 Å². The van der Waals surface area contributed by atoms with Gasteiger partial charge < -0.3 is 10.6 Å². The Morgan fingerprint density at radius 2 is 1.88 bits per heavy atom. The first kappa shape index (κ1) is 14.9. The van der Waals surface area contributed by atoms with Crippen LogP contribution in [0, 0.1) is 0 Å². The Labute approximate surface area is 110 Å². The Kier molecular flexibility index (Phi) is 6.38. The molecule has 0 aromatic carbocycles. The second-order valence-electron chi connectivity index (χ2n) is 5.18. The van der Waals surface area contributed by atoms with Gasteiger partial charge in [0.05, 0.1) is 0 Å². The largest absolute Gasteiger partial charge is 0.353 e. The molecule has 0 amide bonds. The van der Waals surface area contributed by atoms with E-state index in [2.05, 4.69) is 49.1 Å². The molecule has 0 saturated heterocycles. The summed E-state index contributed by atoms with van der Waals surface area (Å²) in [5.74, 6) is 0. The third-order valence-corrected chi connectivity index (χ3v) is 4.03. The summed E-state index contributed by atoms with van der Waals surface area (Å²) in [6.07, 6.45) is 4.57. The highest BCUT2D eigenvalue weighted by Crippen LogP contribution is 2.20. The smallest absolute Gasteiger partial charge is 0.129 e. The van der Waals surface area contributed by atoms with Gasteiger partial charge in [0.1, 0.15) is 5.50 Å². The zero-order valence-electron chi connectivity index (χ0n) is 11.6. The average Bonchev–Trinajstić information content (AvgIpc) is 2.63. The van der Waals surface area contributed by atoms with Gasteiger partial charge in [-0.3, -0.25) is 4.90 Å². The van der Waals surface area contributed by atoms with Gasteiger partial charge in [-0.2, -0.15) is 0 Å². The van der Waals surface area contributed by atoms with Gasteiger partial charge in [0.2, 0.25) is 0 Å². The average molecular weight is 257 g/mol. The standard InChI is InChI=1S/C13H27N3S/c1-11(2)16(12(3)4)8-6-5-7-15-9-10-17-13(15)14/h9-13H,5-8,14H2,1-4H3. The van der Waals surface area contributed by atoms with Gasteiger partial charge in [-0.05, 0) is 52.5 Å². The number of hydrogen-bond acceptors (Lipinski definition) is 4. The van der Waals surface area contributed by atoms with Crippen LogP contribution in [-0.4, -0.2) is 40.5 Å². The molecule has 1 atom stereocenters. The highest BCUT2D eigenvalue weighted by molar-refractivity contribution is 8.02. The molecular weight excluding hydrogens is 230 g/mol. The van der Waals surface area contributed by atoms with E-state index >= 15 is 0 Å². The maximum atomic E-state index is 5.93. The fourth-order valence-corrected chi connectivity index (χ4v) is 2.98. The zero-order chi connectivity index (χ0) is 12.8. The van der Waals surface area contributed by atoms with E-state index in [1.165, 1.54) is 19.4 Å². The molecule has 3 nitrogen and oxygen atoms in total. The molecule has 17 heavy (non-hydrogen) atoms. The summed E-state index contributed by atoms with van der Waals surface area (Å²) in [4.78, 5) is 4.77. The predicted octanol–water partition coefficient (Wildman–Crippen LogP) is 2.65. The molecule has 0 aromatic heterocycles. The van der Waals surface area contributed by atoms with Crippen LogP contribution < -0.4 is 5.73 Å². The highest BCUT2D eigenvalue weighted by atomic mass is 32.2. The van der Waals surface area contributed by atoms with E-state index in [0.717, 1.165) is 6.54 Å². The SMILES string of the molecule is CC(C)N(CCCCN1C=CSC1N)C(C)C. The van der Waals surface area contributed by atoms with Gasteiger partial charge in [-0.15, -0.1) is 0 Å².